The Labute approximate surface area is 170 Å². The van der Waals surface area contributed by atoms with Gasteiger partial charge in [-0.15, -0.1) is 0 Å². The third kappa shape index (κ3) is 4.54. The van der Waals surface area contributed by atoms with Crippen molar-refractivity contribution in [3.05, 3.63) is 95.6 Å². The molecule has 2 aromatic heterocycles. The highest BCUT2D eigenvalue weighted by Gasteiger charge is 2.14. The van der Waals surface area contributed by atoms with E-state index in [1.807, 2.05) is 12.1 Å². The van der Waals surface area contributed by atoms with E-state index in [1.165, 1.54) is 6.07 Å². The fraction of sp³-hybridized carbons (Fsp3) is 0.0909. The average Bonchev–Trinajstić information content (AvgIpc) is 3.21. The van der Waals surface area contributed by atoms with Crippen LogP contribution in [0.15, 0.2) is 71.5 Å². The molecule has 4 rings (SSSR count). The lowest BCUT2D eigenvalue weighted by Crippen LogP contribution is -2.16. The Hall–Kier alpha value is -3.94. The molecule has 0 bridgehead atoms. The number of pyridine rings is 1. The molecule has 0 aliphatic carbocycles. The Balaban J connectivity index is 1.48. The maximum Gasteiger partial charge on any atom is 0.231 e. The van der Waals surface area contributed by atoms with Crippen molar-refractivity contribution >= 4 is 11.6 Å². The lowest BCUT2D eigenvalue weighted by Gasteiger charge is -2.10. The van der Waals surface area contributed by atoms with Gasteiger partial charge in [0.2, 0.25) is 17.6 Å². The zero-order chi connectivity index (χ0) is 20.9. The van der Waals surface area contributed by atoms with E-state index in [9.17, 15) is 13.6 Å². The Bertz CT molecular complexity index is 1180. The average molecular weight is 406 g/mol. The first-order valence-corrected chi connectivity index (χ1v) is 9.13. The van der Waals surface area contributed by atoms with Crippen molar-refractivity contribution in [2.45, 2.75) is 12.8 Å². The monoisotopic (exact) mass is 406 g/mol. The first kappa shape index (κ1) is 19.4. The molecule has 0 spiro atoms. The van der Waals surface area contributed by atoms with Crippen LogP contribution in [0.25, 0.3) is 11.4 Å². The molecule has 0 atom stereocenters. The third-order valence-corrected chi connectivity index (χ3v) is 4.41. The molecule has 8 heteroatoms. The molecule has 4 aromatic rings. The lowest BCUT2D eigenvalue weighted by molar-refractivity contribution is -0.115. The van der Waals surface area contributed by atoms with E-state index < -0.39 is 17.5 Å². The number of para-hydroxylation sites is 1. The Morgan fingerprint density at radius 3 is 2.60 bits per heavy atom. The number of hydrogen-bond donors (Lipinski definition) is 1. The maximum atomic E-state index is 13.8. The van der Waals surface area contributed by atoms with Crippen LogP contribution in [0.3, 0.4) is 0 Å². The number of hydrogen-bond acceptors (Lipinski definition) is 5. The van der Waals surface area contributed by atoms with Crippen LogP contribution >= 0.6 is 0 Å². The highest BCUT2D eigenvalue weighted by Crippen LogP contribution is 2.21. The van der Waals surface area contributed by atoms with Crippen LogP contribution in [0, 0.1) is 11.6 Å². The van der Waals surface area contributed by atoms with Crippen molar-refractivity contribution in [3.8, 4) is 11.4 Å². The standard InChI is InChI=1S/C22H16F2N4O2/c23-17-6-5-15(18(24)13-17)11-20(29)26-19-4-2-1-3-16(19)12-21-27-22(28-30-21)14-7-9-25-10-8-14/h1-10,13H,11-12H2,(H,26,29). The molecule has 2 heterocycles. The Morgan fingerprint density at radius 2 is 1.80 bits per heavy atom. The summed E-state index contributed by atoms with van der Waals surface area (Å²) in [4.78, 5) is 20.7. The third-order valence-electron chi connectivity index (χ3n) is 4.41. The second kappa shape index (κ2) is 8.60. The van der Waals surface area contributed by atoms with E-state index >= 15 is 0 Å². The van der Waals surface area contributed by atoms with Crippen molar-refractivity contribution in [3.63, 3.8) is 0 Å². The number of aromatic nitrogens is 3. The second-order valence-electron chi connectivity index (χ2n) is 6.54. The van der Waals surface area contributed by atoms with Crippen molar-refractivity contribution in [1.82, 2.24) is 15.1 Å². The number of amides is 1. The minimum Gasteiger partial charge on any atom is -0.339 e. The van der Waals surface area contributed by atoms with Crippen LogP contribution in [0.2, 0.25) is 0 Å². The molecule has 1 amide bonds. The van der Waals surface area contributed by atoms with Crippen LogP contribution in [-0.2, 0) is 17.6 Å². The van der Waals surface area contributed by atoms with Gasteiger partial charge in [0.15, 0.2) is 0 Å². The fourth-order valence-corrected chi connectivity index (χ4v) is 2.94. The largest absolute Gasteiger partial charge is 0.339 e. The van der Waals surface area contributed by atoms with E-state index in [0.29, 0.717) is 23.8 Å². The van der Waals surface area contributed by atoms with Gasteiger partial charge in [0.25, 0.3) is 0 Å². The molecule has 2 aromatic carbocycles. The smallest absolute Gasteiger partial charge is 0.231 e. The lowest BCUT2D eigenvalue weighted by atomic mass is 10.1. The van der Waals surface area contributed by atoms with Crippen molar-refractivity contribution in [2.75, 3.05) is 5.32 Å². The number of nitrogens with zero attached hydrogens (tertiary/aromatic N) is 3. The quantitative estimate of drug-likeness (QED) is 0.520. The van der Waals surface area contributed by atoms with E-state index in [-0.39, 0.29) is 12.0 Å². The van der Waals surface area contributed by atoms with Gasteiger partial charge >= 0.3 is 0 Å². The summed E-state index contributed by atoms with van der Waals surface area (Å²) in [5, 5.41) is 6.73. The summed E-state index contributed by atoms with van der Waals surface area (Å²) < 4.78 is 32.2. The molecular formula is C22H16F2N4O2. The summed E-state index contributed by atoms with van der Waals surface area (Å²) in [5.41, 5.74) is 2.21. The van der Waals surface area contributed by atoms with Gasteiger partial charge < -0.3 is 9.84 Å². The van der Waals surface area contributed by atoms with E-state index in [4.69, 9.17) is 4.52 Å². The van der Waals surface area contributed by atoms with Crippen LogP contribution in [-0.4, -0.2) is 21.0 Å². The molecule has 30 heavy (non-hydrogen) atoms. The summed E-state index contributed by atoms with van der Waals surface area (Å²) in [5.74, 6) is -1.04. The van der Waals surface area contributed by atoms with Gasteiger partial charge in [-0.05, 0) is 35.4 Å². The van der Waals surface area contributed by atoms with Gasteiger partial charge in [-0.1, -0.05) is 29.4 Å². The molecule has 0 radical (unpaired) electrons. The van der Waals surface area contributed by atoms with E-state index in [2.05, 4.69) is 20.4 Å². The number of carbonyl (C=O) groups is 1. The minimum absolute atomic E-state index is 0.116. The van der Waals surface area contributed by atoms with Crippen LogP contribution in [0.5, 0.6) is 0 Å². The zero-order valence-corrected chi connectivity index (χ0v) is 15.7. The van der Waals surface area contributed by atoms with Gasteiger partial charge in [-0.2, -0.15) is 4.98 Å². The first-order valence-electron chi connectivity index (χ1n) is 9.13. The molecule has 0 aliphatic rings. The first-order chi connectivity index (χ1) is 14.6. The topological polar surface area (TPSA) is 80.9 Å². The summed E-state index contributed by atoms with van der Waals surface area (Å²) in [6.45, 7) is 0. The normalized spacial score (nSPS) is 10.7. The van der Waals surface area contributed by atoms with Crippen LogP contribution < -0.4 is 5.32 Å². The highest BCUT2D eigenvalue weighted by molar-refractivity contribution is 5.93. The summed E-state index contributed by atoms with van der Waals surface area (Å²) in [6.07, 6.45) is 3.37. The number of benzene rings is 2. The number of anilines is 1. The molecule has 1 N–H and O–H groups in total. The number of halogens is 2. The molecule has 0 unspecified atom stereocenters. The molecule has 6 nitrogen and oxygen atoms in total. The minimum atomic E-state index is -0.757. The molecule has 150 valence electrons. The number of nitrogens with one attached hydrogen (secondary N) is 1. The Kier molecular flexibility index (Phi) is 5.56. The predicted molar refractivity (Wildman–Crippen MR) is 105 cm³/mol. The van der Waals surface area contributed by atoms with Crippen molar-refractivity contribution in [1.29, 1.82) is 0 Å². The summed E-state index contributed by atoms with van der Waals surface area (Å²) in [7, 11) is 0. The van der Waals surface area contributed by atoms with Crippen molar-refractivity contribution < 1.29 is 18.1 Å². The summed E-state index contributed by atoms with van der Waals surface area (Å²) >= 11 is 0. The molecule has 0 saturated carbocycles. The summed E-state index contributed by atoms with van der Waals surface area (Å²) in [6, 6.07) is 13.8. The maximum absolute atomic E-state index is 13.8. The number of carbonyl (C=O) groups excluding carboxylic acids is 1. The predicted octanol–water partition coefficient (Wildman–Crippen LogP) is 4.18. The van der Waals surface area contributed by atoms with Gasteiger partial charge in [0.1, 0.15) is 11.6 Å². The molecule has 0 saturated heterocycles. The van der Waals surface area contributed by atoms with Gasteiger partial charge in [0, 0.05) is 29.7 Å². The van der Waals surface area contributed by atoms with Crippen molar-refractivity contribution in [2.24, 2.45) is 0 Å². The SMILES string of the molecule is O=C(Cc1ccc(F)cc1F)Nc1ccccc1Cc1nc(-c2ccncc2)no1. The molecule has 0 aliphatic heterocycles. The van der Waals surface area contributed by atoms with Gasteiger partial charge in [-0.25, -0.2) is 8.78 Å². The second-order valence-corrected chi connectivity index (χ2v) is 6.54. The fourth-order valence-electron chi connectivity index (χ4n) is 2.94. The Morgan fingerprint density at radius 1 is 1.00 bits per heavy atom. The van der Waals surface area contributed by atoms with E-state index in [0.717, 1.165) is 23.3 Å². The van der Waals surface area contributed by atoms with Crippen LogP contribution in [0.1, 0.15) is 17.0 Å². The van der Waals surface area contributed by atoms with E-state index in [1.54, 1.807) is 36.7 Å². The number of rotatable bonds is 6. The van der Waals surface area contributed by atoms with Gasteiger partial charge in [0.05, 0.1) is 12.8 Å². The van der Waals surface area contributed by atoms with Crippen LogP contribution in [0.4, 0.5) is 14.5 Å². The molecular weight excluding hydrogens is 390 g/mol. The highest BCUT2D eigenvalue weighted by atomic mass is 19.1. The van der Waals surface area contributed by atoms with Gasteiger partial charge in [-0.3, -0.25) is 9.78 Å². The zero-order valence-electron chi connectivity index (χ0n) is 15.7. The molecule has 0 fully saturated rings.